The van der Waals surface area contributed by atoms with Gasteiger partial charge in [-0.1, -0.05) is 17.8 Å². The fourth-order valence-electron chi connectivity index (χ4n) is 2.46. The number of fused-ring (bicyclic) bond motifs is 1. The summed E-state index contributed by atoms with van der Waals surface area (Å²) >= 11 is 2.68. The number of nitrogens with one attached hydrogen (secondary N) is 1. The summed E-state index contributed by atoms with van der Waals surface area (Å²) in [5.41, 5.74) is 3.75. The molecule has 3 rings (SSSR count). The monoisotopic (exact) mass is 373 g/mol. The Balaban J connectivity index is 1.74. The first kappa shape index (κ1) is 17.7. The van der Waals surface area contributed by atoms with Crippen molar-refractivity contribution in [2.75, 3.05) is 11.1 Å². The Bertz CT molecular complexity index is 992. The SMILES string of the molecule is CCn1c(SCC(=O)Nc2ccc(C)c(C)c2)nc2ccsc2c1=O. The van der Waals surface area contributed by atoms with Crippen molar-refractivity contribution in [2.24, 2.45) is 0 Å². The topological polar surface area (TPSA) is 64.0 Å². The molecule has 0 saturated heterocycles. The third kappa shape index (κ3) is 3.77. The van der Waals surface area contributed by atoms with Crippen LogP contribution in [0.15, 0.2) is 39.6 Å². The van der Waals surface area contributed by atoms with Gasteiger partial charge in [0.25, 0.3) is 5.56 Å². The molecule has 130 valence electrons. The zero-order valence-electron chi connectivity index (χ0n) is 14.3. The Hall–Kier alpha value is -2.12. The van der Waals surface area contributed by atoms with Gasteiger partial charge in [0.2, 0.25) is 5.91 Å². The number of amides is 1. The lowest BCUT2D eigenvalue weighted by atomic mass is 10.1. The zero-order chi connectivity index (χ0) is 18.0. The van der Waals surface area contributed by atoms with Crippen LogP contribution in [-0.4, -0.2) is 21.2 Å². The summed E-state index contributed by atoms with van der Waals surface area (Å²) in [7, 11) is 0. The first-order valence-electron chi connectivity index (χ1n) is 7.97. The van der Waals surface area contributed by atoms with Crippen molar-refractivity contribution in [1.82, 2.24) is 9.55 Å². The number of aromatic nitrogens is 2. The third-order valence-electron chi connectivity index (χ3n) is 3.97. The van der Waals surface area contributed by atoms with Crippen LogP contribution in [0.25, 0.3) is 10.2 Å². The molecule has 0 radical (unpaired) electrons. The molecule has 2 aromatic heterocycles. The highest BCUT2D eigenvalue weighted by atomic mass is 32.2. The normalized spacial score (nSPS) is 11.0. The molecule has 1 N–H and O–H groups in total. The number of hydrogen-bond donors (Lipinski definition) is 1. The van der Waals surface area contributed by atoms with Gasteiger partial charge < -0.3 is 5.32 Å². The van der Waals surface area contributed by atoms with Crippen LogP contribution < -0.4 is 10.9 Å². The predicted molar refractivity (Wildman–Crippen MR) is 105 cm³/mol. The summed E-state index contributed by atoms with van der Waals surface area (Å²) in [6, 6.07) is 7.66. The van der Waals surface area contributed by atoms with Crippen LogP contribution in [0.1, 0.15) is 18.1 Å². The van der Waals surface area contributed by atoms with Gasteiger partial charge in [-0.25, -0.2) is 4.98 Å². The third-order valence-corrected chi connectivity index (χ3v) is 5.84. The second-order valence-corrected chi connectivity index (χ2v) is 7.57. The number of benzene rings is 1. The Labute approximate surface area is 154 Å². The minimum absolute atomic E-state index is 0.0421. The first-order chi connectivity index (χ1) is 12.0. The van der Waals surface area contributed by atoms with Crippen molar-refractivity contribution in [1.29, 1.82) is 0 Å². The Morgan fingerprint density at radius 1 is 1.28 bits per heavy atom. The van der Waals surface area contributed by atoms with Gasteiger partial charge in [-0.05, 0) is 55.5 Å². The summed E-state index contributed by atoms with van der Waals surface area (Å²) in [5, 5.41) is 5.33. The van der Waals surface area contributed by atoms with Gasteiger partial charge in [0.15, 0.2) is 5.16 Å². The number of hydrogen-bond acceptors (Lipinski definition) is 5. The van der Waals surface area contributed by atoms with Crippen LogP contribution in [0.3, 0.4) is 0 Å². The molecule has 1 amide bonds. The minimum atomic E-state index is -0.115. The average Bonchev–Trinajstić information content (AvgIpc) is 3.05. The van der Waals surface area contributed by atoms with Gasteiger partial charge in [-0.15, -0.1) is 11.3 Å². The lowest BCUT2D eigenvalue weighted by Crippen LogP contribution is -2.22. The Morgan fingerprint density at radius 3 is 2.80 bits per heavy atom. The maximum absolute atomic E-state index is 12.5. The maximum atomic E-state index is 12.5. The van der Waals surface area contributed by atoms with E-state index in [1.54, 1.807) is 4.57 Å². The quantitative estimate of drug-likeness (QED) is 0.545. The van der Waals surface area contributed by atoms with E-state index in [4.69, 9.17) is 0 Å². The highest BCUT2D eigenvalue weighted by Gasteiger charge is 2.13. The molecule has 0 aliphatic carbocycles. The molecule has 2 heterocycles. The van der Waals surface area contributed by atoms with Crippen molar-refractivity contribution in [3.8, 4) is 0 Å². The number of nitrogens with zero attached hydrogens (tertiary/aromatic N) is 2. The lowest BCUT2D eigenvalue weighted by Gasteiger charge is -2.10. The number of carbonyl (C=O) groups is 1. The number of aryl methyl sites for hydroxylation is 2. The maximum Gasteiger partial charge on any atom is 0.272 e. The van der Waals surface area contributed by atoms with E-state index in [0.29, 0.717) is 21.9 Å². The number of anilines is 1. The van der Waals surface area contributed by atoms with Crippen LogP contribution in [0.5, 0.6) is 0 Å². The number of thioether (sulfide) groups is 1. The van der Waals surface area contributed by atoms with Crippen molar-refractivity contribution in [2.45, 2.75) is 32.5 Å². The number of thiophene rings is 1. The molecular formula is C18H19N3O2S2. The van der Waals surface area contributed by atoms with Crippen LogP contribution in [-0.2, 0) is 11.3 Å². The second-order valence-electron chi connectivity index (χ2n) is 5.71. The minimum Gasteiger partial charge on any atom is -0.325 e. The van der Waals surface area contributed by atoms with E-state index in [9.17, 15) is 9.59 Å². The van der Waals surface area contributed by atoms with Crippen LogP contribution in [0.2, 0.25) is 0 Å². The van der Waals surface area contributed by atoms with Crippen LogP contribution >= 0.6 is 23.1 Å². The lowest BCUT2D eigenvalue weighted by molar-refractivity contribution is -0.113. The summed E-state index contributed by atoms with van der Waals surface area (Å²) < 4.78 is 2.28. The average molecular weight is 374 g/mol. The molecule has 0 bridgehead atoms. The van der Waals surface area contributed by atoms with Crippen molar-refractivity contribution >= 4 is 44.9 Å². The van der Waals surface area contributed by atoms with Gasteiger partial charge in [0.05, 0.1) is 11.3 Å². The summed E-state index contributed by atoms with van der Waals surface area (Å²) in [6.07, 6.45) is 0. The number of rotatable bonds is 5. The van der Waals surface area contributed by atoms with Crippen molar-refractivity contribution in [3.05, 3.63) is 51.1 Å². The molecule has 5 nitrogen and oxygen atoms in total. The number of carbonyl (C=O) groups excluding carboxylic acids is 1. The Morgan fingerprint density at radius 2 is 2.08 bits per heavy atom. The van der Waals surface area contributed by atoms with E-state index in [1.165, 1.54) is 28.7 Å². The molecule has 0 atom stereocenters. The summed E-state index contributed by atoms with van der Waals surface area (Å²) in [6.45, 7) is 6.48. The molecule has 1 aromatic carbocycles. The molecule has 0 unspecified atom stereocenters. The van der Waals surface area contributed by atoms with Crippen molar-refractivity contribution in [3.63, 3.8) is 0 Å². The van der Waals surface area contributed by atoms with Crippen LogP contribution in [0, 0.1) is 13.8 Å². The van der Waals surface area contributed by atoms with Gasteiger partial charge in [0, 0.05) is 12.2 Å². The standard InChI is InChI=1S/C18H19N3O2S2/c1-4-21-17(23)16-14(7-8-24-16)20-18(21)25-10-15(22)19-13-6-5-11(2)12(3)9-13/h5-9H,4,10H2,1-3H3,(H,19,22). The molecule has 0 fully saturated rings. The summed E-state index contributed by atoms with van der Waals surface area (Å²) in [4.78, 5) is 29.2. The first-order valence-corrected chi connectivity index (χ1v) is 9.84. The van der Waals surface area contributed by atoms with E-state index < -0.39 is 0 Å². The van der Waals surface area contributed by atoms with Gasteiger partial charge >= 0.3 is 0 Å². The predicted octanol–water partition coefficient (Wildman–Crippen LogP) is 3.83. The van der Waals surface area contributed by atoms with E-state index in [-0.39, 0.29) is 17.2 Å². The second kappa shape index (κ2) is 7.41. The van der Waals surface area contributed by atoms with E-state index in [1.807, 2.05) is 50.4 Å². The van der Waals surface area contributed by atoms with Crippen LogP contribution in [0.4, 0.5) is 5.69 Å². The van der Waals surface area contributed by atoms with E-state index in [0.717, 1.165) is 11.3 Å². The van der Waals surface area contributed by atoms with Gasteiger partial charge in [-0.2, -0.15) is 0 Å². The molecule has 25 heavy (non-hydrogen) atoms. The molecular weight excluding hydrogens is 354 g/mol. The van der Waals surface area contributed by atoms with Gasteiger partial charge in [-0.3, -0.25) is 14.2 Å². The smallest absolute Gasteiger partial charge is 0.272 e. The van der Waals surface area contributed by atoms with E-state index in [2.05, 4.69) is 10.3 Å². The summed E-state index contributed by atoms with van der Waals surface area (Å²) in [5.74, 6) is 0.0882. The highest BCUT2D eigenvalue weighted by Crippen LogP contribution is 2.21. The van der Waals surface area contributed by atoms with Crippen molar-refractivity contribution < 1.29 is 4.79 Å². The molecule has 0 saturated carbocycles. The van der Waals surface area contributed by atoms with E-state index >= 15 is 0 Å². The molecule has 0 aliphatic rings. The Kier molecular flexibility index (Phi) is 5.24. The fraction of sp³-hybridized carbons (Fsp3) is 0.278. The molecule has 0 aliphatic heterocycles. The fourth-order valence-corrected chi connectivity index (χ4v) is 4.10. The van der Waals surface area contributed by atoms with Gasteiger partial charge in [0.1, 0.15) is 4.70 Å². The zero-order valence-corrected chi connectivity index (χ0v) is 16.0. The molecule has 3 aromatic rings. The molecule has 0 spiro atoms. The largest absolute Gasteiger partial charge is 0.325 e. The highest BCUT2D eigenvalue weighted by molar-refractivity contribution is 7.99. The molecule has 7 heteroatoms.